The molecule has 0 radical (unpaired) electrons. The van der Waals surface area contributed by atoms with Crippen molar-refractivity contribution in [2.24, 2.45) is 11.3 Å². The fraction of sp³-hybridized carbons (Fsp3) is 0.588. The second-order valence-corrected chi connectivity index (χ2v) is 6.75. The fourth-order valence-electron chi connectivity index (χ4n) is 3.98. The normalized spacial score (nSPS) is 27.3. The molecule has 126 valence electrons. The van der Waals surface area contributed by atoms with Crippen LogP contribution in [0.4, 0.5) is 4.39 Å². The van der Waals surface area contributed by atoms with Crippen LogP contribution in [0.5, 0.6) is 5.75 Å². The van der Waals surface area contributed by atoms with Crippen molar-refractivity contribution in [1.82, 2.24) is 10.6 Å². The molecule has 1 saturated carbocycles. The molecule has 1 spiro atoms. The third-order valence-electron chi connectivity index (χ3n) is 5.43. The average Bonchev–Trinajstić information content (AvgIpc) is 3.22. The van der Waals surface area contributed by atoms with Gasteiger partial charge in [-0.05, 0) is 56.0 Å². The summed E-state index contributed by atoms with van der Waals surface area (Å²) >= 11 is 0. The molecule has 1 aliphatic carbocycles. The molecule has 2 atom stereocenters. The molecule has 2 unspecified atom stereocenters. The second kappa shape index (κ2) is 6.29. The van der Waals surface area contributed by atoms with Gasteiger partial charge < -0.3 is 15.4 Å². The quantitative estimate of drug-likeness (QED) is 0.870. The van der Waals surface area contributed by atoms with E-state index in [1.54, 1.807) is 6.07 Å². The third kappa shape index (κ3) is 3.04. The molecule has 1 saturated heterocycles. The lowest BCUT2D eigenvalue weighted by Crippen LogP contribution is -2.36. The number of hydrogen-bond donors (Lipinski definition) is 2. The first-order chi connectivity index (χ1) is 10.7. The molecular formula is C17H22ClFN2O2. The first-order valence-electron chi connectivity index (χ1n) is 8.11. The van der Waals surface area contributed by atoms with E-state index in [2.05, 4.69) is 10.6 Å². The van der Waals surface area contributed by atoms with Crippen LogP contribution in [-0.2, 0) is 4.79 Å². The molecule has 1 aromatic carbocycles. The van der Waals surface area contributed by atoms with E-state index in [1.807, 2.05) is 0 Å². The second-order valence-electron chi connectivity index (χ2n) is 6.75. The number of ether oxygens (including phenoxy) is 1. The van der Waals surface area contributed by atoms with Crippen LogP contribution < -0.4 is 15.4 Å². The Balaban J connectivity index is 0.00000156. The number of nitrogens with one attached hydrogen (secondary N) is 2. The Morgan fingerprint density at radius 1 is 1.35 bits per heavy atom. The minimum Gasteiger partial charge on any atom is -0.493 e. The van der Waals surface area contributed by atoms with Crippen molar-refractivity contribution in [1.29, 1.82) is 0 Å². The Hall–Kier alpha value is -1.33. The van der Waals surface area contributed by atoms with Gasteiger partial charge in [-0.15, -0.1) is 12.4 Å². The maximum absolute atomic E-state index is 13.5. The Morgan fingerprint density at radius 2 is 2.13 bits per heavy atom. The molecule has 2 heterocycles. The summed E-state index contributed by atoms with van der Waals surface area (Å²) in [6.45, 7) is 2.58. The zero-order valence-corrected chi connectivity index (χ0v) is 13.8. The van der Waals surface area contributed by atoms with E-state index >= 15 is 0 Å². The fourth-order valence-corrected chi connectivity index (χ4v) is 3.98. The molecule has 1 aromatic rings. The Labute approximate surface area is 141 Å². The van der Waals surface area contributed by atoms with Crippen molar-refractivity contribution >= 4 is 18.3 Å². The van der Waals surface area contributed by atoms with E-state index in [0.717, 1.165) is 37.9 Å². The summed E-state index contributed by atoms with van der Waals surface area (Å²) in [6, 6.07) is 4.39. The van der Waals surface area contributed by atoms with Gasteiger partial charge in [-0.3, -0.25) is 4.79 Å². The summed E-state index contributed by atoms with van der Waals surface area (Å²) < 4.78 is 19.0. The third-order valence-corrected chi connectivity index (χ3v) is 5.43. The summed E-state index contributed by atoms with van der Waals surface area (Å²) in [5, 5.41) is 6.48. The van der Waals surface area contributed by atoms with Gasteiger partial charge in [0.05, 0.1) is 12.6 Å². The van der Waals surface area contributed by atoms with Gasteiger partial charge in [-0.1, -0.05) is 0 Å². The number of rotatable bonds is 2. The minimum atomic E-state index is -0.287. The number of fused-ring (bicyclic) bond motifs is 1. The highest BCUT2D eigenvalue weighted by atomic mass is 35.5. The van der Waals surface area contributed by atoms with Crippen molar-refractivity contribution in [2.45, 2.75) is 31.7 Å². The molecule has 4 nitrogen and oxygen atoms in total. The van der Waals surface area contributed by atoms with Gasteiger partial charge in [-0.2, -0.15) is 0 Å². The molecule has 2 N–H and O–H groups in total. The topological polar surface area (TPSA) is 50.4 Å². The van der Waals surface area contributed by atoms with Crippen molar-refractivity contribution in [3.63, 3.8) is 0 Å². The molecule has 3 aliphatic rings. The molecule has 1 amide bonds. The summed E-state index contributed by atoms with van der Waals surface area (Å²) in [6.07, 6.45) is 3.87. The van der Waals surface area contributed by atoms with Crippen LogP contribution in [0.25, 0.3) is 0 Å². The number of piperidine rings is 1. The van der Waals surface area contributed by atoms with Crippen LogP contribution in [0.15, 0.2) is 18.2 Å². The predicted molar refractivity (Wildman–Crippen MR) is 87.3 cm³/mol. The van der Waals surface area contributed by atoms with Gasteiger partial charge in [0.1, 0.15) is 11.6 Å². The molecule has 4 rings (SSSR count). The van der Waals surface area contributed by atoms with Crippen LogP contribution >= 0.6 is 12.4 Å². The SMILES string of the molecule is Cl.O=C(NC1CCOc2ccc(F)cc21)C1CC12CCNCC2. The van der Waals surface area contributed by atoms with Crippen LogP contribution in [0, 0.1) is 17.2 Å². The van der Waals surface area contributed by atoms with Gasteiger partial charge in [0, 0.05) is 17.9 Å². The number of carbonyl (C=O) groups excluding carboxylic acids is 1. The average molecular weight is 341 g/mol. The van der Waals surface area contributed by atoms with E-state index in [4.69, 9.17) is 4.74 Å². The smallest absolute Gasteiger partial charge is 0.224 e. The summed E-state index contributed by atoms with van der Waals surface area (Å²) in [5.41, 5.74) is 0.991. The van der Waals surface area contributed by atoms with E-state index in [0.29, 0.717) is 18.8 Å². The summed E-state index contributed by atoms with van der Waals surface area (Å²) in [7, 11) is 0. The van der Waals surface area contributed by atoms with Crippen molar-refractivity contribution in [3.05, 3.63) is 29.6 Å². The Morgan fingerprint density at radius 3 is 2.91 bits per heavy atom. The molecule has 0 aromatic heterocycles. The summed E-state index contributed by atoms with van der Waals surface area (Å²) in [5.74, 6) is 0.661. The van der Waals surface area contributed by atoms with Crippen LogP contribution in [0.2, 0.25) is 0 Å². The van der Waals surface area contributed by atoms with E-state index < -0.39 is 0 Å². The molecule has 23 heavy (non-hydrogen) atoms. The maximum atomic E-state index is 13.5. The Bertz CT molecular complexity index is 604. The molecule has 2 fully saturated rings. The van der Waals surface area contributed by atoms with Crippen molar-refractivity contribution < 1.29 is 13.9 Å². The number of amides is 1. The standard InChI is InChI=1S/C17H21FN2O2.ClH/c18-11-1-2-15-12(9-11)14(3-8-22-15)20-16(21)13-10-17(13)4-6-19-7-5-17;/h1-2,9,13-14,19H,3-8,10H2,(H,20,21);1H. The van der Waals surface area contributed by atoms with Gasteiger partial charge in [0.15, 0.2) is 0 Å². The predicted octanol–water partition coefficient (Wildman–Crippen LogP) is 2.58. The maximum Gasteiger partial charge on any atom is 0.224 e. The van der Waals surface area contributed by atoms with Crippen LogP contribution in [0.1, 0.15) is 37.3 Å². The Kier molecular flexibility index (Phi) is 4.52. The number of hydrogen-bond acceptors (Lipinski definition) is 3. The number of benzene rings is 1. The first kappa shape index (κ1) is 16.5. The zero-order valence-electron chi connectivity index (χ0n) is 12.9. The highest BCUT2D eigenvalue weighted by Gasteiger charge is 2.57. The molecular weight excluding hydrogens is 319 g/mol. The van der Waals surface area contributed by atoms with Gasteiger partial charge in [-0.25, -0.2) is 4.39 Å². The minimum absolute atomic E-state index is 0. The van der Waals surface area contributed by atoms with Crippen LogP contribution in [0.3, 0.4) is 0 Å². The molecule has 6 heteroatoms. The van der Waals surface area contributed by atoms with Gasteiger partial charge in [0.2, 0.25) is 5.91 Å². The highest BCUT2D eigenvalue weighted by molar-refractivity contribution is 5.85. The van der Waals surface area contributed by atoms with Crippen molar-refractivity contribution in [2.75, 3.05) is 19.7 Å². The summed E-state index contributed by atoms with van der Waals surface area (Å²) in [4.78, 5) is 12.6. The largest absolute Gasteiger partial charge is 0.493 e. The first-order valence-corrected chi connectivity index (χ1v) is 8.11. The number of halogens is 2. The zero-order chi connectivity index (χ0) is 15.2. The van der Waals surface area contributed by atoms with E-state index in [-0.39, 0.29) is 41.5 Å². The van der Waals surface area contributed by atoms with E-state index in [1.165, 1.54) is 12.1 Å². The molecule has 0 bridgehead atoms. The van der Waals surface area contributed by atoms with Gasteiger partial charge in [0.25, 0.3) is 0 Å². The van der Waals surface area contributed by atoms with Crippen molar-refractivity contribution in [3.8, 4) is 5.75 Å². The lowest BCUT2D eigenvalue weighted by atomic mass is 9.91. The molecule has 2 aliphatic heterocycles. The van der Waals surface area contributed by atoms with Crippen LogP contribution in [-0.4, -0.2) is 25.6 Å². The lowest BCUT2D eigenvalue weighted by molar-refractivity contribution is -0.124. The van der Waals surface area contributed by atoms with Gasteiger partial charge >= 0.3 is 0 Å². The highest BCUT2D eigenvalue weighted by Crippen LogP contribution is 2.58. The van der Waals surface area contributed by atoms with E-state index in [9.17, 15) is 9.18 Å². The number of carbonyl (C=O) groups is 1. The monoisotopic (exact) mass is 340 g/mol. The lowest BCUT2D eigenvalue weighted by Gasteiger charge is -2.28.